The monoisotopic (exact) mass is 291 g/mol. The summed E-state index contributed by atoms with van der Waals surface area (Å²) in [6, 6.07) is 2.58. The van der Waals surface area contributed by atoms with Crippen molar-refractivity contribution in [1.29, 1.82) is 0 Å². The van der Waals surface area contributed by atoms with Gasteiger partial charge in [0.1, 0.15) is 5.82 Å². The van der Waals surface area contributed by atoms with E-state index in [1.807, 2.05) is 0 Å². The van der Waals surface area contributed by atoms with E-state index < -0.39 is 27.4 Å². The highest BCUT2D eigenvalue weighted by Gasteiger charge is 2.19. The van der Waals surface area contributed by atoms with E-state index in [1.165, 1.54) is 7.11 Å². The van der Waals surface area contributed by atoms with Crippen LogP contribution in [0.15, 0.2) is 23.1 Å². The third-order valence-corrected chi connectivity index (χ3v) is 3.86. The molecule has 1 unspecified atom stereocenters. The molecule has 106 valence electrons. The van der Waals surface area contributed by atoms with Gasteiger partial charge in [0.2, 0.25) is 10.0 Å². The SMILES string of the molecule is COC(C)CNS(=O)(=O)c1ccc(F)c(C(=O)O)c1. The highest BCUT2D eigenvalue weighted by Crippen LogP contribution is 2.15. The molecule has 0 aliphatic rings. The van der Waals surface area contributed by atoms with E-state index in [-0.39, 0.29) is 17.5 Å². The van der Waals surface area contributed by atoms with Crippen molar-refractivity contribution in [3.8, 4) is 0 Å². The number of carboxylic acid groups (broad SMARTS) is 1. The summed E-state index contributed by atoms with van der Waals surface area (Å²) in [5, 5.41) is 8.74. The normalized spacial score (nSPS) is 13.2. The van der Waals surface area contributed by atoms with Gasteiger partial charge in [0.25, 0.3) is 0 Å². The molecule has 0 radical (unpaired) electrons. The van der Waals surface area contributed by atoms with E-state index in [1.54, 1.807) is 6.92 Å². The van der Waals surface area contributed by atoms with Crippen molar-refractivity contribution in [2.24, 2.45) is 0 Å². The molecule has 0 aromatic heterocycles. The van der Waals surface area contributed by atoms with Gasteiger partial charge >= 0.3 is 5.97 Å². The number of ether oxygens (including phenoxy) is 1. The second-order valence-corrected chi connectivity index (χ2v) is 5.61. The highest BCUT2D eigenvalue weighted by molar-refractivity contribution is 7.89. The number of benzene rings is 1. The van der Waals surface area contributed by atoms with Gasteiger partial charge in [0.05, 0.1) is 16.6 Å². The Kier molecular flexibility index (Phi) is 4.98. The van der Waals surface area contributed by atoms with Gasteiger partial charge in [-0.15, -0.1) is 0 Å². The van der Waals surface area contributed by atoms with Gasteiger partial charge < -0.3 is 9.84 Å². The first-order valence-electron chi connectivity index (χ1n) is 5.33. The predicted octanol–water partition coefficient (Wildman–Crippen LogP) is 0.837. The Morgan fingerprint density at radius 2 is 2.16 bits per heavy atom. The van der Waals surface area contributed by atoms with Crippen molar-refractivity contribution in [2.75, 3.05) is 13.7 Å². The zero-order chi connectivity index (χ0) is 14.6. The zero-order valence-electron chi connectivity index (χ0n) is 10.4. The molecule has 1 aromatic carbocycles. The summed E-state index contributed by atoms with van der Waals surface area (Å²) in [6.07, 6.45) is -0.339. The number of rotatable bonds is 6. The Balaban J connectivity index is 3.02. The van der Waals surface area contributed by atoms with E-state index >= 15 is 0 Å². The Bertz CT molecular complexity index is 572. The quantitative estimate of drug-likeness (QED) is 0.810. The predicted molar refractivity (Wildman–Crippen MR) is 65.0 cm³/mol. The van der Waals surface area contributed by atoms with Gasteiger partial charge in [-0.3, -0.25) is 0 Å². The molecule has 0 saturated carbocycles. The fraction of sp³-hybridized carbons (Fsp3) is 0.364. The Morgan fingerprint density at radius 3 is 2.68 bits per heavy atom. The maximum Gasteiger partial charge on any atom is 0.338 e. The number of carboxylic acids is 1. The molecule has 0 aliphatic heterocycles. The Morgan fingerprint density at radius 1 is 1.53 bits per heavy atom. The van der Waals surface area contributed by atoms with Crippen molar-refractivity contribution in [3.05, 3.63) is 29.6 Å². The summed E-state index contributed by atoms with van der Waals surface area (Å²) < 4.78 is 44.0. The van der Waals surface area contributed by atoms with Crippen LogP contribution in [0.2, 0.25) is 0 Å². The van der Waals surface area contributed by atoms with Gasteiger partial charge in [-0.05, 0) is 25.1 Å². The summed E-state index contributed by atoms with van der Waals surface area (Å²) >= 11 is 0. The van der Waals surface area contributed by atoms with E-state index in [0.717, 1.165) is 18.2 Å². The van der Waals surface area contributed by atoms with E-state index in [9.17, 15) is 17.6 Å². The number of aromatic carboxylic acids is 1. The fourth-order valence-corrected chi connectivity index (χ4v) is 2.37. The maximum absolute atomic E-state index is 13.2. The minimum atomic E-state index is -3.90. The minimum absolute atomic E-state index is 0.0264. The molecule has 2 N–H and O–H groups in total. The second-order valence-electron chi connectivity index (χ2n) is 3.85. The lowest BCUT2D eigenvalue weighted by molar-refractivity contribution is 0.0691. The summed E-state index contributed by atoms with van der Waals surface area (Å²) in [5.41, 5.74) is -0.692. The molecule has 0 amide bonds. The van der Waals surface area contributed by atoms with Gasteiger partial charge in [0.15, 0.2) is 0 Å². The fourth-order valence-electron chi connectivity index (χ4n) is 1.23. The van der Waals surface area contributed by atoms with Crippen molar-refractivity contribution >= 4 is 16.0 Å². The van der Waals surface area contributed by atoms with Gasteiger partial charge in [-0.1, -0.05) is 0 Å². The maximum atomic E-state index is 13.2. The van der Waals surface area contributed by atoms with E-state index in [4.69, 9.17) is 9.84 Å². The second kappa shape index (κ2) is 6.09. The third kappa shape index (κ3) is 3.98. The number of nitrogens with one attached hydrogen (secondary N) is 1. The summed E-state index contributed by atoms with van der Waals surface area (Å²) in [7, 11) is -2.47. The molecule has 0 spiro atoms. The molecule has 0 heterocycles. The van der Waals surface area contributed by atoms with Crippen molar-refractivity contribution in [3.63, 3.8) is 0 Å². The molecule has 0 aliphatic carbocycles. The van der Waals surface area contributed by atoms with Crippen molar-refractivity contribution in [1.82, 2.24) is 4.72 Å². The number of hydrogen-bond donors (Lipinski definition) is 2. The zero-order valence-corrected chi connectivity index (χ0v) is 11.2. The summed E-state index contributed by atoms with van der Waals surface area (Å²) in [5.74, 6) is -2.52. The van der Waals surface area contributed by atoms with E-state index in [2.05, 4.69) is 4.72 Å². The molecular weight excluding hydrogens is 277 g/mol. The molecule has 1 rings (SSSR count). The van der Waals surface area contributed by atoms with Crippen LogP contribution in [0, 0.1) is 5.82 Å². The molecule has 8 heteroatoms. The number of methoxy groups -OCH3 is 1. The van der Waals surface area contributed by atoms with Crippen molar-refractivity contribution < 1.29 is 27.4 Å². The van der Waals surface area contributed by atoms with Crippen LogP contribution in [0.1, 0.15) is 17.3 Å². The molecule has 19 heavy (non-hydrogen) atoms. The van der Waals surface area contributed by atoms with E-state index in [0.29, 0.717) is 0 Å². The first-order chi connectivity index (χ1) is 8.77. The highest BCUT2D eigenvalue weighted by atomic mass is 32.2. The Hall–Kier alpha value is -1.51. The molecule has 0 fully saturated rings. The van der Waals surface area contributed by atoms with Crippen LogP contribution < -0.4 is 4.72 Å². The number of sulfonamides is 1. The standard InChI is InChI=1S/C11H14FNO5S/c1-7(18-2)6-13-19(16,17)8-3-4-10(12)9(5-8)11(14)15/h3-5,7,13H,6H2,1-2H3,(H,14,15). The van der Waals surface area contributed by atoms with Crippen LogP contribution in [0.3, 0.4) is 0 Å². The molecule has 6 nitrogen and oxygen atoms in total. The smallest absolute Gasteiger partial charge is 0.338 e. The minimum Gasteiger partial charge on any atom is -0.478 e. The lowest BCUT2D eigenvalue weighted by Gasteiger charge is -2.11. The van der Waals surface area contributed by atoms with Crippen LogP contribution in [0.4, 0.5) is 4.39 Å². The van der Waals surface area contributed by atoms with Crippen LogP contribution in [0.25, 0.3) is 0 Å². The molecule has 0 bridgehead atoms. The molecular formula is C11H14FNO5S. The number of hydrogen-bond acceptors (Lipinski definition) is 4. The van der Waals surface area contributed by atoms with Crippen LogP contribution in [-0.2, 0) is 14.8 Å². The van der Waals surface area contributed by atoms with Crippen LogP contribution in [-0.4, -0.2) is 39.3 Å². The number of halogens is 1. The molecule has 1 aromatic rings. The van der Waals surface area contributed by atoms with Crippen molar-refractivity contribution in [2.45, 2.75) is 17.9 Å². The van der Waals surface area contributed by atoms with Gasteiger partial charge in [-0.2, -0.15) is 0 Å². The average Bonchev–Trinajstić information content (AvgIpc) is 2.35. The Labute approximate surface area is 110 Å². The molecule has 1 atom stereocenters. The average molecular weight is 291 g/mol. The number of carbonyl (C=O) groups is 1. The van der Waals surface area contributed by atoms with Crippen LogP contribution >= 0.6 is 0 Å². The van der Waals surface area contributed by atoms with Gasteiger partial charge in [0, 0.05) is 13.7 Å². The topological polar surface area (TPSA) is 92.7 Å². The summed E-state index contributed by atoms with van der Waals surface area (Å²) in [6.45, 7) is 1.69. The lowest BCUT2D eigenvalue weighted by atomic mass is 10.2. The third-order valence-electron chi connectivity index (χ3n) is 2.44. The largest absolute Gasteiger partial charge is 0.478 e. The van der Waals surface area contributed by atoms with Crippen LogP contribution in [0.5, 0.6) is 0 Å². The van der Waals surface area contributed by atoms with Gasteiger partial charge in [-0.25, -0.2) is 22.3 Å². The lowest BCUT2D eigenvalue weighted by Crippen LogP contribution is -2.31. The summed E-state index contributed by atoms with van der Waals surface area (Å²) in [4.78, 5) is 10.4. The first kappa shape index (κ1) is 15.5. The molecule has 0 saturated heterocycles. The first-order valence-corrected chi connectivity index (χ1v) is 6.81.